The van der Waals surface area contributed by atoms with Gasteiger partial charge in [0.1, 0.15) is 22.2 Å². The molecule has 1 aromatic carbocycles. The number of carbonyl (C=O) groups excluding carboxylic acids is 1. The van der Waals surface area contributed by atoms with Gasteiger partial charge in [-0.1, -0.05) is 0 Å². The fourth-order valence-electron chi connectivity index (χ4n) is 2.70. The average Bonchev–Trinajstić information content (AvgIpc) is 3.27. The molecule has 2 N–H and O–H groups in total. The van der Waals surface area contributed by atoms with Gasteiger partial charge >= 0.3 is 0 Å². The summed E-state index contributed by atoms with van der Waals surface area (Å²) in [5.74, 6) is -0.703. The van der Waals surface area contributed by atoms with Gasteiger partial charge in [0.15, 0.2) is 0 Å². The molecule has 2 aromatic rings. The first-order valence-electron chi connectivity index (χ1n) is 7.75. The number of sulfonamides is 1. The van der Waals surface area contributed by atoms with Crippen LogP contribution in [0.1, 0.15) is 23.3 Å². The zero-order valence-electron chi connectivity index (χ0n) is 13.6. The fraction of sp³-hybridized carbons (Fsp3) is 0.312. The van der Waals surface area contributed by atoms with Crippen LogP contribution in [0.5, 0.6) is 5.75 Å². The lowest BCUT2D eigenvalue weighted by atomic mass is 10.3. The Bertz CT molecular complexity index is 889. The zero-order valence-corrected chi connectivity index (χ0v) is 14.4. The molecule has 3 rings (SSSR count). The Kier molecular flexibility index (Phi) is 4.67. The second-order valence-electron chi connectivity index (χ2n) is 5.70. The number of carbonyl (C=O) groups is 1. The molecule has 1 aromatic heterocycles. The number of aromatic nitrogens is 1. The van der Waals surface area contributed by atoms with Crippen molar-refractivity contribution in [1.82, 2.24) is 9.88 Å². The summed E-state index contributed by atoms with van der Waals surface area (Å²) in [5, 5.41) is 0. The van der Waals surface area contributed by atoms with Gasteiger partial charge in [-0.3, -0.25) is 9.52 Å². The van der Waals surface area contributed by atoms with Crippen LogP contribution in [0.4, 0.5) is 10.1 Å². The number of ether oxygens (including phenoxy) is 1. The number of amides is 1. The lowest BCUT2D eigenvalue weighted by Crippen LogP contribution is -2.27. The maximum absolute atomic E-state index is 13.2. The van der Waals surface area contributed by atoms with Crippen LogP contribution in [0.2, 0.25) is 0 Å². The summed E-state index contributed by atoms with van der Waals surface area (Å²) in [4.78, 5) is 16.6. The molecule has 0 saturated carbocycles. The van der Waals surface area contributed by atoms with Crippen LogP contribution in [0.25, 0.3) is 0 Å². The quantitative estimate of drug-likeness (QED) is 0.847. The van der Waals surface area contributed by atoms with Gasteiger partial charge in [-0.2, -0.15) is 0 Å². The van der Waals surface area contributed by atoms with Crippen LogP contribution in [-0.2, 0) is 10.0 Å². The van der Waals surface area contributed by atoms with Crippen molar-refractivity contribution in [3.8, 4) is 5.75 Å². The number of hydrogen-bond acceptors (Lipinski definition) is 4. The molecule has 0 bridgehead atoms. The molecule has 1 saturated heterocycles. The summed E-state index contributed by atoms with van der Waals surface area (Å²) in [5.41, 5.74) is 0.325. The lowest BCUT2D eigenvalue weighted by molar-refractivity contribution is 0.0787. The Hall–Kier alpha value is -2.55. The Morgan fingerprint density at radius 2 is 2.00 bits per heavy atom. The van der Waals surface area contributed by atoms with Gasteiger partial charge in [-0.25, -0.2) is 12.8 Å². The van der Waals surface area contributed by atoms with Crippen molar-refractivity contribution >= 4 is 21.6 Å². The minimum Gasteiger partial charge on any atom is -0.494 e. The minimum atomic E-state index is -3.95. The number of methoxy groups -OCH3 is 1. The first-order chi connectivity index (χ1) is 11.9. The summed E-state index contributed by atoms with van der Waals surface area (Å²) in [6.07, 6.45) is 3.15. The molecular weight excluding hydrogens is 349 g/mol. The van der Waals surface area contributed by atoms with Gasteiger partial charge in [-0.05, 0) is 31.0 Å². The first kappa shape index (κ1) is 17.3. The maximum Gasteiger partial charge on any atom is 0.270 e. The molecule has 25 heavy (non-hydrogen) atoms. The molecule has 7 nitrogen and oxygen atoms in total. The standard InChI is InChI=1S/C16H18FN3O4S/c1-24-15-8-11(17)4-5-13(15)19-25(22,23)12-9-14(18-10-12)16(21)20-6-2-3-7-20/h4-5,8-10,18-19H,2-3,6-7H2,1H3. The summed E-state index contributed by atoms with van der Waals surface area (Å²) < 4.78 is 45.6. The number of rotatable bonds is 5. The Morgan fingerprint density at radius 1 is 1.28 bits per heavy atom. The van der Waals surface area contributed by atoms with Crippen molar-refractivity contribution in [3.05, 3.63) is 42.0 Å². The van der Waals surface area contributed by atoms with E-state index in [9.17, 15) is 17.6 Å². The largest absolute Gasteiger partial charge is 0.494 e. The Balaban J connectivity index is 1.82. The topological polar surface area (TPSA) is 91.5 Å². The van der Waals surface area contributed by atoms with E-state index in [1.165, 1.54) is 25.4 Å². The molecule has 134 valence electrons. The molecule has 0 atom stereocenters. The third-order valence-electron chi connectivity index (χ3n) is 4.00. The molecule has 0 radical (unpaired) electrons. The van der Waals surface area contributed by atoms with E-state index in [0.717, 1.165) is 25.0 Å². The first-order valence-corrected chi connectivity index (χ1v) is 9.23. The number of likely N-dealkylation sites (tertiary alicyclic amines) is 1. The SMILES string of the molecule is COc1cc(F)ccc1NS(=O)(=O)c1c[nH]c(C(=O)N2CCCC2)c1. The number of anilines is 1. The number of halogens is 1. The van der Waals surface area contributed by atoms with E-state index < -0.39 is 15.8 Å². The van der Waals surface area contributed by atoms with Crippen molar-refractivity contribution in [2.45, 2.75) is 17.7 Å². The summed E-state index contributed by atoms with van der Waals surface area (Å²) in [7, 11) is -2.63. The highest BCUT2D eigenvalue weighted by molar-refractivity contribution is 7.92. The summed E-state index contributed by atoms with van der Waals surface area (Å²) >= 11 is 0. The number of hydrogen-bond donors (Lipinski definition) is 2. The minimum absolute atomic E-state index is 0.0625. The third kappa shape index (κ3) is 3.60. The molecular formula is C16H18FN3O4S. The Labute approximate surface area is 144 Å². The smallest absolute Gasteiger partial charge is 0.270 e. The normalized spacial score (nSPS) is 14.6. The van der Waals surface area contributed by atoms with Crippen LogP contribution >= 0.6 is 0 Å². The second kappa shape index (κ2) is 6.75. The molecule has 2 heterocycles. The molecule has 1 fully saturated rings. The highest BCUT2D eigenvalue weighted by atomic mass is 32.2. The average molecular weight is 367 g/mol. The second-order valence-corrected chi connectivity index (χ2v) is 7.38. The van der Waals surface area contributed by atoms with E-state index in [4.69, 9.17) is 4.74 Å². The molecule has 0 aliphatic carbocycles. The number of benzene rings is 1. The molecule has 0 unspecified atom stereocenters. The maximum atomic E-state index is 13.2. The van der Waals surface area contributed by atoms with Crippen molar-refractivity contribution < 1.29 is 22.3 Å². The van der Waals surface area contributed by atoms with Crippen LogP contribution in [-0.4, -0.2) is 44.4 Å². The van der Waals surface area contributed by atoms with Crippen LogP contribution in [0, 0.1) is 5.82 Å². The number of nitrogens with one attached hydrogen (secondary N) is 2. The highest BCUT2D eigenvalue weighted by Gasteiger charge is 2.24. The van der Waals surface area contributed by atoms with Gasteiger partial charge in [0, 0.05) is 25.4 Å². The van der Waals surface area contributed by atoms with E-state index >= 15 is 0 Å². The van der Waals surface area contributed by atoms with Gasteiger partial charge < -0.3 is 14.6 Å². The van der Waals surface area contributed by atoms with E-state index in [1.807, 2.05) is 0 Å². The van der Waals surface area contributed by atoms with Gasteiger partial charge in [-0.15, -0.1) is 0 Å². The number of H-pyrrole nitrogens is 1. The van der Waals surface area contributed by atoms with Crippen molar-refractivity contribution in [3.63, 3.8) is 0 Å². The highest BCUT2D eigenvalue weighted by Crippen LogP contribution is 2.27. The van der Waals surface area contributed by atoms with Crippen LogP contribution < -0.4 is 9.46 Å². The molecule has 1 aliphatic rings. The van der Waals surface area contributed by atoms with Crippen molar-refractivity contribution in [2.75, 3.05) is 24.9 Å². The van der Waals surface area contributed by atoms with Gasteiger partial charge in [0.25, 0.3) is 15.9 Å². The predicted octanol–water partition coefficient (Wildman–Crippen LogP) is 2.20. The van der Waals surface area contributed by atoms with Gasteiger partial charge in [0.2, 0.25) is 0 Å². The third-order valence-corrected chi connectivity index (χ3v) is 5.34. The monoisotopic (exact) mass is 367 g/mol. The van der Waals surface area contributed by atoms with E-state index in [1.54, 1.807) is 4.90 Å². The summed E-state index contributed by atoms with van der Waals surface area (Å²) in [6.45, 7) is 1.34. The van der Waals surface area contributed by atoms with Crippen molar-refractivity contribution in [2.24, 2.45) is 0 Å². The predicted molar refractivity (Wildman–Crippen MR) is 89.7 cm³/mol. The summed E-state index contributed by atoms with van der Waals surface area (Å²) in [6, 6.07) is 4.77. The van der Waals surface area contributed by atoms with Crippen LogP contribution in [0.3, 0.4) is 0 Å². The fourth-order valence-corrected chi connectivity index (χ4v) is 3.76. The van der Waals surface area contributed by atoms with E-state index in [-0.39, 0.29) is 27.9 Å². The molecule has 9 heteroatoms. The van der Waals surface area contributed by atoms with Crippen molar-refractivity contribution in [1.29, 1.82) is 0 Å². The lowest BCUT2D eigenvalue weighted by Gasteiger charge is -2.13. The van der Waals surface area contributed by atoms with Crippen LogP contribution in [0.15, 0.2) is 35.4 Å². The zero-order chi connectivity index (χ0) is 18.0. The molecule has 0 spiro atoms. The number of aromatic amines is 1. The van der Waals surface area contributed by atoms with Gasteiger partial charge in [0.05, 0.1) is 12.8 Å². The molecule has 1 aliphatic heterocycles. The van der Waals surface area contributed by atoms with E-state index in [0.29, 0.717) is 13.1 Å². The number of nitrogens with zero attached hydrogens (tertiary/aromatic N) is 1. The molecule has 1 amide bonds. The van der Waals surface area contributed by atoms with E-state index in [2.05, 4.69) is 9.71 Å². The Morgan fingerprint density at radius 3 is 2.68 bits per heavy atom.